The third-order valence-corrected chi connectivity index (χ3v) is 4.61. The summed E-state index contributed by atoms with van der Waals surface area (Å²) < 4.78 is 7.18. The van der Waals surface area contributed by atoms with Gasteiger partial charge in [-0.1, -0.05) is 24.3 Å². The molecule has 0 saturated carbocycles. The lowest BCUT2D eigenvalue weighted by molar-refractivity contribution is -0.119. The minimum atomic E-state index is -0.126. The van der Waals surface area contributed by atoms with E-state index in [1.54, 1.807) is 17.0 Å². The van der Waals surface area contributed by atoms with Crippen molar-refractivity contribution in [3.63, 3.8) is 0 Å². The molecule has 2 aromatic carbocycles. The predicted octanol–water partition coefficient (Wildman–Crippen LogP) is 2.60. The standard InChI is InChI=1S/C20H19N3O3/c1-14-12-26-18-9-5-4-8-17(18)23(14)19(24)10-11-22-13-21-16-7-3-2-6-15(16)20(22)25/h2-9,13-14H,10-12H2,1H3/t14-/m1/s1. The molecule has 0 saturated heterocycles. The quantitative estimate of drug-likeness (QED) is 0.729. The summed E-state index contributed by atoms with van der Waals surface area (Å²) in [5.41, 5.74) is 1.31. The normalized spacial score (nSPS) is 16.2. The van der Waals surface area contributed by atoms with Crippen molar-refractivity contribution in [3.8, 4) is 5.75 Å². The molecule has 0 N–H and O–H groups in total. The molecular weight excluding hydrogens is 330 g/mol. The van der Waals surface area contributed by atoms with Gasteiger partial charge in [-0.15, -0.1) is 0 Å². The maximum atomic E-state index is 12.9. The molecule has 0 bridgehead atoms. The summed E-state index contributed by atoms with van der Waals surface area (Å²) in [4.78, 5) is 31.5. The van der Waals surface area contributed by atoms with E-state index in [1.807, 2.05) is 43.3 Å². The minimum Gasteiger partial charge on any atom is -0.489 e. The molecule has 6 heteroatoms. The molecule has 6 nitrogen and oxygen atoms in total. The van der Waals surface area contributed by atoms with Crippen molar-refractivity contribution in [2.24, 2.45) is 0 Å². The fraction of sp³-hybridized carbons (Fsp3) is 0.250. The van der Waals surface area contributed by atoms with Crippen LogP contribution in [-0.4, -0.2) is 28.1 Å². The SMILES string of the molecule is C[C@@H]1COc2ccccc2N1C(=O)CCn1cnc2ccccc2c1=O. The second-order valence-corrected chi connectivity index (χ2v) is 6.40. The van der Waals surface area contributed by atoms with Crippen molar-refractivity contribution in [1.82, 2.24) is 9.55 Å². The molecule has 1 aliphatic rings. The van der Waals surface area contributed by atoms with Crippen LogP contribution in [0, 0.1) is 0 Å². The summed E-state index contributed by atoms with van der Waals surface area (Å²) in [5.74, 6) is 0.678. The van der Waals surface area contributed by atoms with Crippen LogP contribution in [0.2, 0.25) is 0 Å². The summed E-state index contributed by atoms with van der Waals surface area (Å²) in [6, 6.07) is 14.7. The molecule has 0 fully saturated rings. The Morgan fingerprint density at radius 3 is 2.85 bits per heavy atom. The lowest BCUT2D eigenvalue weighted by Crippen LogP contribution is -2.45. The fourth-order valence-corrected chi connectivity index (χ4v) is 3.28. The van der Waals surface area contributed by atoms with Gasteiger partial charge in [-0.25, -0.2) is 4.98 Å². The van der Waals surface area contributed by atoms with Gasteiger partial charge >= 0.3 is 0 Å². The maximum Gasteiger partial charge on any atom is 0.261 e. The van der Waals surface area contributed by atoms with Gasteiger partial charge in [0.25, 0.3) is 5.56 Å². The van der Waals surface area contributed by atoms with Gasteiger partial charge in [-0.3, -0.25) is 14.2 Å². The van der Waals surface area contributed by atoms with Crippen molar-refractivity contribution in [2.75, 3.05) is 11.5 Å². The molecule has 1 aromatic heterocycles. The molecule has 0 spiro atoms. The highest BCUT2D eigenvalue weighted by molar-refractivity contribution is 5.95. The van der Waals surface area contributed by atoms with Gasteiger partial charge in [0, 0.05) is 13.0 Å². The molecule has 1 aliphatic heterocycles. The van der Waals surface area contributed by atoms with Crippen LogP contribution in [0.1, 0.15) is 13.3 Å². The molecule has 132 valence electrons. The van der Waals surface area contributed by atoms with Gasteiger partial charge in [0.05, 0.1) is 29.0 Å². The Labute approximate surface area is 150 Å². The fourth-order valence-electron chi connectivity index (χ4n) is 3.28. The summed E-state index contributed by atoms with van der Waals surface area (Å²) in [7, 11) is 0. The second kappa shape index (κ2) is 6.63. The van der Waals surface area contributed by atoms with E-state index in [0.29, 0.717) is 29.8 Å². The van der Waals surface area contributed by atoms with Crippen LogP contribution in [0.25, 0.3) is 10.9 Å². The molecule has 4 rings (SSSR count). The Morgan fingerprint density at radius 2 is 1.96 bits per heavy atom. The molecule has 3 aromatic rings. The van der Waals surface area contributed by atoms with Crippen molar-refractivity contribution < 1.29 is 9.53 Å². The molecule has 2 heterocycles. The van der Waals surface area contributed by atoms with E-state index in [9.17, 15) is 9.59 Å². The van der Waals surface area contributed by atoms with E-state index in [4.69, 9.17) is 4.74 Å². The first-order valence-electron chi connectivity index (χ1n) is 8.63. The minimum absolute atomic E-state index is 0.0340. The Morgan fingerprint density at radius 1 is 1.19 bits per heavy atom. The number of amides is 1. The van der Waals surface area contributed by atoms with E-state index in [2.05, 4.69) is 4.98 Å². The average molecular weight is 349 g/mol. The van der Waals surface area contributed by atoms with Crippen LogP contribution >= 0.6 is 0 Å². The van der Waals surface area contributed by atoms with Crippen molar-refractivity contribution in [2.45, 2.75) is 25.9 Å². The monoisotopic (exact) mass is 349 g/mol. The summed E-state index contributed by atoms with van der Waals surface area (Å²) in [5, 5.41) is 0.563. The van der Waals surface area contributed by atoms with Gasteiger partial charge in [-0.05, 0) is 31.2 Å². The Balaban J connectivity index is 1.56. The van der Waals surface area contributed by atoms with Crippen molar-refractivity contribution in [1.29, 1.82) is 0 Å². The number of fused-ring (bicyclic) bond motifs is 2. The van der Waals surface area contributed by atoms with Crippen molar-refractivity contribution >= 4 is 22.5 Å². The van der Waals surface area contributed by atoms with Crippen LogP contribution in [0.15, 0.2) is 59.7 Å². The van der Waals surface area contributed by atoms with Crippen LogP contribution in [0.3, 0.4) is 0 Å². The third-order valence-electron chi connectivity index (χ3n) is 4.61. The molecule has 26 heavy (non-hydrogen) atoms. The highest BCUT2D eigenvalue weighted by Gasteiger charge is 2.28. The molecular formula is C20H19N3O3. The van der Waals surface area contributed by atoms with Crippen LogP contribution in [-0.2, 0) is 11.3 Å². The smallest absolute Gasteiger partial charge is 0.261 e. The zero-order valence-corrected chi connectivity index (χ0v) is 14.5. The Kier molecular flexibility index (Phi) is 4.16. The van der Waals surface area contributed by atoms with Crippen LogP contribution < -0.4 is 15.2 Å². The van der Waals surface area contributed by atoms with E-state index in [1.165, 1.54) is 10.9 Å². The first-order chi connectivity index (χ1) is 12.6. The zero-order chi connectivity index (χ0) is 18.1. The Hall–Kier alpha value is -3.15. The number of hydrogen-bond donors (Lipinski definition) is 0. The lowest BCUT2D eigenvalue weighted by Gasteiger charge is -2.35. The third kappa shape index (κ3) is 2.83. The Bertz CT molecular complexity index is 1030. The number of carbonyl (C=O) groups excluding carboxylic acids is 1. The van der Waals surface area contributed by atoms with Gasteiger partial charge in [0.15, 0.2) is 0 Å². The first-order valence-corrected chi connectivity index (χ1v) is 8.63. The lowest BCUT2D eigenvalue weighted by atomic mass is 10.1. The van der Waals surface area contributed by atoms with Gasteiger partial charge < -0.3 is 9.64 Å². The van der Waals surface area contributed by atoms with Crippen LogP contribution in [0.4, 0.5) is 5.69 Å². The predicted molar refractivity (Wildman–Crippen MR) is 99.5 cm³/mol. The van der Waals surface area contributed by atoms with E-state index < -0.39 is 0 Å². The van der Waals surface area contributed by atoms with E-state index in [-0.39, 0.29) is 23.9 Å². The number of aryl methyl sites for hydroxylation is 1. The maximum absolute atomic E-state index is 12.9. The molecule has 0 aliphatic carbocycles. The summed E-state index contributed by atoms with van der Waals surface area (Å²) in [6.45, 7) is 2.71. The highest BCUT2D eigenvalue weighted by atomic mass is 16.5. The number of para-hydroxylation sites is 3. The number of nitrogens with zero attached hydrogens (tertiary/aromatic N) is 3. The highest BCUT2D eigenvalue weighted by Crippen LogP contribution is 2.33. The number of hydrogen-bond acceptors (Lipinski definition) is 4. The summed E-state index contributed by atoms with van der Waals surface area (Å²) >= 11 is 0. The molecule has 1 atom stereocenters. The summed E-state index contributed by atoms with van der Waals surface area (Å²) in [6.07, 6.45) is 1.73. The largest absolute Gasteiger partial charge is 0.489 e. The number of benzene rings is 2. The molecule has 0 radical (unpaired) electrons. The van der Waals surface area contributed by atoms with Crippen LogP contribution in [0.5, 0.6) is 5.75 Å². The second-order valence-electron chi connectivity index (χ2n) is 6.40. The van der Waals surface area contributed by atoms with Gasteiger partial charge in [-0.2, -0.15) is 0 Å². The number of aromatic nitrogens is 2. The number of carbonyl (C=O) groups is 1. The van der Waals surface area contributed by atoms with Gasteiger partial charge in [0.1, 0.15) is 12.4 Å². The average Bonchev–Trinajstić information content (AvgIpc) is 2.67. The van der Waals surface area contributed by atoms with E-state index >= 15 is 0 Å². The zero-order valence-electron chi connectivity index (χ0n) is 14.5. The van der Waals surface area contributed by atoms with Gasteiger partial charge in [0.2, 0.25) is 5.91 Å². The first kappa shape index (κ1) is 16.3. The number of anilines is 1. The number of ether oxygens (including phenoxy) is 1. The van der Waals surface area contributed by atoms with Crippen molar-refractivity contribution in [3.05, 3.63) is 65.2 Å². The topological polar surface area (TPSA) is 64.4 Å². The van der Waals surface area contributed by atoms with E-state index in [0.717, 1.165) is 5.69 Å². The molecule has 0 unspecified atom stereocenters. The molecule has 1 amide bonds. The number of rotatable bonds is 3.